The van der Waals surface area contributed by atoms with Gasteiger partial charge in [0, 0.05) is 43.5 Å². The fraction of sp³-hybridized carbons (Fsp3) is 0.333. The molecule has 1 N–H and O–H groups in total. The Kier molecular flexibility index (Phi) is 5.16. The number of ketones is 1. The van der Waals surface area contributed by atoms with Crippen LogP contribution in [-0.2, 0) is 0 Å². The van der Waals surface area contributed by atoms with Crippen LogP contribution in [0, 0.1) is 11.9 Å². The number of nitrogens with zero attached hydrogens (tertiary/aromatic N) is 3. The lowest BCUT2D eigenvalue weighted by atomic mass is 10.1. The molecule has 0 saturated carbocycles. The van der Waals surface area contributed by atoms with Crippen molar-refractivity contribution in [3.8, 4) is 0 Å². The van der Waals surface area contributed by atoms with Crippen molar-refractivity contribution >= 4 is 22.5 Å². The lowest BCUT2D eigenvalue weighted by Crippen LogP contribution is -2.46. The van der Waals surface area contributed by atoms with Gasteiger partial charge < -0.3 is 4.90 Å². The van der Waals surface area contributed by atoms with Gasteiger partial charge in [-0.25, -0.2) is 4.39 Å². The van der Waals surface area contributed by atoms with E-state index in [1.165, 1.54) is 12.1 Å². The number of halogens is 1. The van der Waals surface area contributed by atoms with E-state index in [4.69, 9.17) is 0 Å². The Hall–Kier alpha value is -2.73. The summed E-state index contributed by atoms with van der Waals surface area (Å²) in [5, 5.41) is 8.66. The summed E-state index contributed by atoms with van der Waals surface area (Å²) in [6.45, 7) is 4.65. The Bertz CT molecular complexity index is 913. The third-order valence-electron chi connectivity index (χ3n) is 5.10. The highest BCUT2D eigenvalue weighted by molar-refractivity contribution is 5.96. The molecule has 2 aromatic carbocycles. The van der Waals surface area contributed by atoms with Gasteiger partial charge >= 0.3 is 0 Å². The molecule has 1 aliphatic heterocycles. The Morgan fingerprint density at radius 2 is 1.93 bits per heavy atom. The predicted octanol–water partition coefficient (Wildman–Crippen LogP) is 3.29. The number of fused-ring (bicyclic) bond motifs is 1. The molecule has 139 valence electrons. The number of H-pyrrole nitrogens is 1. The molecule has 0 spiro atoms. The minimum Gasteiger partial charge on any atom is -0.352 e. The van der Waals surface area contributed by atoms with Crippen molar-refractivity contribution in [2.45, 2.75) is 12.8 Å². The number of aromatic nitrogens is 2. The second-order valence-electron chi connectivity index (χ2n) is 6.88. The second kappa shape index (κ2) is 7.88. The maximum atomic E-state index is 12.9. The van der Waals surface area contributed by atoms with Crippen LogP contribution in [0.3, 0.4) is 0 Å². The van der Waals surface area contributed by atoms with Gasteiger partial charge in [-0.3, -0.25) is 14.8 Å². The van der Waals surface area contributed by atoms with Crippen molar-refractivity contribution in [2.75, 3.05) is 37.6 Å². The van der Waals surface area contributed by atoms with Gasteiger partial charge in [0.05, 0.1) is 5.52 Å². The Morgan fingerprint density at radius 3 is 2.70 bits per heavy atom. The van der Waals surface area contributed by atoms with Gasteiger partial charge in [0.1, 0.15) is 5.82 Å². The van der Waals surface area contributed by atoms with Crippen molar-refractivity contribution in [3.05, 3.63) is 59.9 Å². The smallest absolute Gasteiger partial charge is 0.162 e. The van der Waals surface area contributed by atoms with Crippen molar-refractivity contribution < 1.29 is 9.18 Å². The number of Topliss-reactive ketones (excluding diaryl/α,β-unsaturated/α-hetero) is 1. The molecule has 0 atom stereocenters. The van der Waals surface area contributed by atoms with Crippen LogP contribution in [0.5, 0.6) is 0 Å². The molecule has 5 nitrogen and oxygen atoms in total. The van der Waals surface area contributed by atoms with Gasteiger partial charge in [-0.2, -0.15) is 5.10 Å². The van der Waals surface area contributed by atoms with Gasteiger partial charge in [0.15, 0.2) is 11.6 Å². The molecule has 6 heteroatoms. The van der Waals surface area contributed by atoms with Gasteiger partial charge in [-0.1, -0.05) is 6.07 Å². The lowest BCUT2D eigenvalue weighted by Gasteiger charge is -2.35. The number of carbonyl (C=O) groups excluding carboxylic acids is 1. The van der Waals surface area contributed by atoms with Crippen LogP contribution >= 0.6 is 0 Å². The van der Waals surface area contributed by atoms with E-state index in [-0.39, 0.29) is 11.6 Å². The number of hydrogen-bond acceptors (Lipinski definition) is 4. The average molecular weight is 365 g/mol. The van der Waals surface area contributed by atoms with E-state index in [2.05, 4.69) is 26.1 Å². The quantitative estimate of drug-likeness (QED) is 0.681. The highest BCUT2D eigenvalue weighted by Gasteiger charge is 2.20. The molecule has 0 bridgehead atoms. The SMILES string of the molecule is O=C(CCCN1CCN(c2n[nH]c3c[c]ccc23)CC1)c1ccc(F)cc1. The Morgan fingerprint density at radius 1 is 1.15 bits per heavy atom. The summed E-state index contributed by atoms with van der Waals surface area (Å²) in [6.07, 6.45) is 1.31. The number of benzene rings is 2. The number of rotatable bonds is 6. The summed E-state index contributed by atoms with van der Waals surface area (Å²) in [5.41, 5.74) is 1.60. The van der Waals surface area contributed by atoms with Crippen LogP contribution in [-0.4, -0.2) is 53.6 Å². The van der Waals surface area contributed by atoms with E-state index in [1.54, 1.807) is 12.1 Å². The molecule has 4 rings (SSSR count). The summed E-state index contributed by atoms with van der Waals surface area (Å²) < 4.78 is 12.9. The van der Waals surface area contributed by atoms with E-state index in [0.717, 1.165) is 55.9 Å². The first-order valence-corrected chi connectivity index (χ1v) is 9.31. The molecule has 2 heterocycles. The monoisotopic (exact) mass is 365 g/mol. The summed E-state index contributed by atoms with van der Waals surface area (Å²) in [4.78, 5) is 16.9. The Balaban J connectivity index is 1.25. The van der Waals surface area contributed by atoms with Crippen LogP contribution in [0.2, 0.25) is 0 Å². The maximum Gasteiger partial charge on any atom is 0.162 e. The summed E-state index contributed by atoms with van der Waals surface area (Å²) in [7, 11) is 0. The zero-order valence-corrected chi connectivity index (χ0v) is 15.1. The topological polar surface area (TPSA) is 52.2 Å². The number of piperazine rings is 1. The minimum atomic E-state index is -0.313. The molecule has 0 amide bonds. The minimum absolute atomic E-state index is 0.0773. The van der Waals surface area contributed by atoms with Gasteiger partial charge in [0.25, 0.3) is 0 Å². The normalized spacial score (nSPS) is 15.4. The van der Waals surface area contributed by atoms with Crippen LogP contribution in [0.15, 0.2) is 42.5 Å². The van der Waals surface area contributed by atoms with Crippen LogP contribution in [0.4, 0.5) is 10.2 Å². The first kappa shape index (κ1) is 17.7. The molecule has 1 radical (unpaired) electrons. The summed E-state index contributed by atoms with van der Waals surface area (Å²) in [5.74, 6) is 0.769. The number of carbonyl (C=O) groups is 1. The van der Waals surface area contributed by atoms with Gasteiger partial charge in [-0.15, -0.1) is 0 Å². The standard InChI is InChI=1S/C21H22FN4O/c22-17-9-7-16(8-10-17)20(27)6-3-11-25-12-14-26(15-13-25)21-18-4-1-2-5-19(18)23-24-21/h1,4-5,7-10H,3,6,11-15H2,(H,23,24). The molecule has 1 fully saturated rings. The molecule has 27 heavy (non-hydrogen) atoms. The van der Waals surface area contributed by atoms with E-state index in [9.17, 15) is 9.18 Å². The number of aromatic amines is 1. The fourth-order valence-corrected chi connectivity index (χ4v) is 3.56. The zero-order chi connectivity index (χ0) is 18.6. The third kappa shape index (κ3) is 4.01. The average Bonchev–Trinajstić information content (AvgIpc) is 3.13. The summed E-state index contributed by atoms with van der Waals surface area (Å²) >= 11 is 0. The molecular weight excluding hydrogens is 343 g/mol. The molecule has 3 aromatic rings. The second-order valence-corrected chi connectivity index (χ2v) is 6.88. The fourth-order valence-electron chi connectivity index (χ4n) is 3.56. The first-order chi connectivity index (χ1) is 13.2. The van der Waals surface area contributed by atoms with Crippen LogP contribution < -0.4 is 4.90 Å². The first-order valence-electron chi connectivity index (χ1n) is 9.31. The number of nitrogens with one attached hydrogen (secondary N) is 1. The predicted molar refractivity (Wildman–Crippen MR) is 104 cm³/mol. The highest BCUT2D eigenvalue weighted by atomic mass is 19.1. The molecule has 1 aliphatic rings. The molecule has 1 saturated heterocycles. The maximum absolute atomic E-state index is 12.9. The largest absolute Gasteiger partial charge is 0.352 e. The van der Waals surface area contributed by atoms with E-state index in [1.807, 2.05) is 18.2 Å². The molecule has 1 aromatic heterocycles. The molecular formula is C21H22FN4O. The number of hydrogen-bond donors (Lipinski definition) is 1. The van der Waals surface area contributed by atoms with E-state index in [0.29, 0.717) is 12.0 Å². The van der Waals surface area contributed by atoms with Gasteiger partial charge in [0.2, 0.25) is 0 Å². The molecule has 0 aliphatic carbocycles. The van der Waals surface area contributed by atoms with E-state index < -0.39 is 0 Å². The Labute approximate surface area is 157 Å². The van der Waals surface area contributed by atoms with Crippen molar-refractivity contribution in [1.29, 1.82) is 0 Å². The van der Waals surface area contributed by atoms with Crippen LogP contribution in [0.1, 0.15) is 23.2 Å². The van der Waals surface area contributed by atoms with Crippen molar-refractivity contribution in [2.24, 2.45) is 0 Å². The number of anilines is 1. The van der Waals surface area contributed by atoms with Gasteiger partial charge in [-0.05, 0) is 55.4 Å². The molecule has 0 unspecified atom stereocenters. The van der Waals surface area contributed by atoms with Crippen LogP contribution in [0.25, 0.3) is 10.9 Å². The van der Waals surface area contributed by atoms with E-state index >= 15 is 0 Å². The summed E-state index contributed by atoms with van der Waals surface area (Å²) in [6, 6.07) is 14.7. The third-order valence-corrected chi connectivity index (χ3v) is 5.10. The lowest BCUT2D eigenvalue weighted by molar-refractivity contribution is 0.0974. The zero-order valence-electron chi connectivity index (χ0n) is 15.1. The van der Waals surface area contributed by atoms with Crippen molar-refractivity contribution in [1.82, 2.24) is 15.1 Å². The van der Waals surface area contributed by atoms with Crippen molar-refractivity contribution in [3.63, 3.8) is 0 Å². The highest BCUT2D eigenvalue weighted by Crippen LogP contribution is 2.24.